The zero-order valence-electron chi connectivity index (χ0n) is 15.4. The van der Waals surface area contributed by atoms with Crippen molar-refractivity contribution in [3.05, 3.63) is 29.6 Å². The second-order valence-corrected chi connectivity index (χ2v) is 7.00. The molecule has 6 heteroatoms. The summed E-state index contributed by atoms with van der Waals surface area (Å²) >= 11 is 0. The fourth-order valence-electron chi connectivity index (χ4n) is 3.08. The van der Waals surface area contributed by atoms with Gasteiger partial charge in [-0.15, -0.1) is 0 Å². The lowest BCUT2D eigenvalue weighted by Gasteiger charge is -2.16. The van der Waals surface area contributed by atoms with Gasteiger partial charge in [-0.3, -0.25) is 14.6 Å². The van der Waals surface area contributed by atoms with E-state index in [1.165, 1.54) is 19.0 Å². The number of carbonyl (C=O) groups is 2. The Hall–Kier alpha value is -1.95. The van der Waals surface area contributed by atoms with E-state index in [1.54, 1.807) is 12.1 Å². The van der Waals surface area contributed by atoms with Crippen LogP contribution in [-0.2, 0) is 0 Å². The highest BCUT2D eigenvalue weighted by Gasteiger charge is 2.17. The highest BCUT2D eigenvalue weighted by molar-refractivity contribution is 5.98. The Morgan fingerprint density at radius 3 is 2.56 bits per heavy atom. The molecule has 0 unspecified atom stereocenters. The quantitative estimate of drug-likeness (QED) is 0.586. The van der Waals surface area contributed by atoms with Gasteiger partial charge < -0.3 is 15.5 Å². The highest BCUT2D eigenvalue weighted by atomic mass is 16.2. The zero-order valence-corrected chi connectivity index (χ0v) is 15.4. The van der Waals surface area contributed by atoms with Crippen molar-refractivity contribution in [2.24, 2.45) is 0 Å². The summed E-state index contributed by atoms with van der Waals surface area (Å²) in [4.78, 5) is 30.8. The fourth-order valence-corrected chi connectivity index (χ4v) is 3.08. The van der Waals surface area contributed by atoms with Crippen molar-refractivity contribution < 1.29 is 9.59 Å². The minimum Gasteiger partial charge on any atom is -0.352 e. The van der Waals surface area contributed by atoms with Crippen molar-refractivity contribution in [1.29, 1.82) is 0 Å². The molecule has 0 atom stereocenters. The predicted octanol–water partition coefficient (Wildman–Crippen LogP) is 2.22. The van der Waals surface area contributed by atoms with E-state index in [9.17, 15) is 9.59 Å². The lowest BCUT2D eigenvalue weighted by molar-refractivity contribution is 0.0928. The third-order valence-electron chi connectivity index (χ3n) is 4.51. The molecule has 1 fully saturated rings. The maximum absolute atomic E-state index is 12.4. The van der Waals surface area contributed by atoms with Gasteiger partial charge in [-0.25, -0.2) is 0 Å². The van der Waals surface area contributed by atoms with Gasteiger partial charge in [-0.1, -0.05) is 25.7 Å². The van der Waals surface area contributed by atoms with Crippen LogP contribution >= 0.6 is 0 Å². The summed E-state index contributed by atoms with van der Waals surface area (Å²) in [5.41, 5.74) is 0.788. The van der Waals surface area contributed by atoms with Crippen LogP contribution in [0, 0.1) is 0 Å². The van der Waals surface area contributed by atoms with Crippen LogP contribution in [0.2, 0.25) is 0 Å². The molecule has 2 rings (SSSR count). The third kappa shape index (κ3) is 6.82. The van der Waals surface area contributed by atoms with E-state index >= 15 is 0 Å². The first kappa shape index (κ1) is 19.4. The summed E-state index contributed by atoms with van der Waals surface area (Å²) in [5.74, 6) is -0.348. The molecule has 0 aliphatic heterocycles. The minimum atomic E-state index is -0.186. The average molecular weight is 346 g/mol. The Kier molecular flexibility index (Phi) is 7.85. The molecular formula is C19H30N4O2. The van der Waals surface area contributed by atoms with E-state index in [1.807, 2.05) is 14.1 Å². The first-order valence-corrected chi connectivity index (χ1v) is 9.26. The monoisotopic (exact) mass is 346 g/mol. The van der Waals surface area contributed by atoms with E-state index in [-0.39, 0.29) is 17.9 Å². The lowest BCUT2D eigenvalue weighted by Crippen LogP contribution is -2.35. The molecule has 0 bridgehead atoms. The zero-order chi connectivity index (χ0) is 18.1. The molecule has 1 aromatic heterocycles. The van der Waals surface area contributed by atoms with Crippen molar-refractivity contribution in [3.63, 3.8) is 0 Å². The summed E-state index contributed by atoms with van der Waals surface area (Å²) in [7, 11) is 4.01. The van der Waals surface area contributed by atoms with E-state index in [4.69, 9.17) is 0 Å². The van der Waals surface area contributed by atoms with Crippen LogP contribution in [0.1, 0.15) is 65.8 Å². The van der Waals surface area contributed by atoms with Gasteiger partial charge in [0, 0.05) is 24.3 Å². The largest absolute Gasteiger partial charge is 0.352 e. The molecule has 0 radical (unpaired) electrons. The van der Waals surface area contributed by atoms with Gasteiger partial charge in [0.15, 0.2) is 0 Å². The molecule has 1 saturated carbocycles. The molecule has 1 aromatic rings. The standard InChI is InChI=1S/C19H30N4O2/c1-23(2)13-7-11-21-18(24)15-10-12-20-17(14-15)19(25)22-16-8-5-3-4-6-9-16/h10,12,14,16H,3-9,11,13H2,1-2H3,(H,21,24)(H,22,25). The van der Waals surface area contributed by atoms with Gasteiger partial charge in [0.25, 0.3) is 11.8 Å². The predicted molar refractivity (Wildman–Crippen MR) is 98.7 cm³/mol. The van der Waals surface area contributed by atoms with Gasteiger partial charge in [0.1, 0.15) is 5.69 Å². The van der Waals surface area contributed by atoms with Crippen LogP contribution in [0.3, 0.4) is 0 Å². The van der Waals surface area contributed by atoms with Crippen LogP contribution in [0.15, 0.2) is 18.3 Å². The van der Waals surface area contributed by atoms with E-state index < -0.39 is 0 Å². The van der Waals surface area contributed by atoms with Crippen molar-refractivity contribution >= 4 is 11.8 Å². The number of rotatable bonds is 7. The summed E-state index contributed by atoms with van der Waals surface area (Å²) < 4.78 is 0. The first-order valence-electron chi connectivity index (χ1n) is 9.26. The summed E-state index contributed by atoms with van der Waals surface area (Å²) in [5, 5.41) is 5.95. The highest BCUT2D eigenvalue weighted by Crippen LogP contribution is 2.17. The van der Waals surface area contributed by atoms with Gasteiger partial charge in [0.2, 0.25) is 0 Å². The second-order valence-electron chi connectivity index (χ2n) is 7.00. The van der Waals surface area contributed by atoms with Crippen LogP contribution in [-0.4, -0.2) is 54.9 Å². The number of aromatic nitrogens is 1. The third-order valence-corrected chi connectivity index (χ3v) is 4.51. The number of nitrogens with zero attached hydrogens (tertiary/aromatic N) is 2. The van der Waals surface area contributed by atoms with Gasteiger partial charge in [-0.05, 0) is 52.0 Å². The Bertz CT molecular complexity index is 566. The molecule has 2 amide bonds. The molecule has 25 heavy (non-hydrogen) atoms. The van der Waals surface area contributed by atoms with Gasteiger partial charge in [0.05, 0.1) is 0 Å². The molecule has 6 nitrogen and oxygen atoms in total. The maximum Gasteiger partial charge on any atom is 0.270 e. The van der Waals surface area contributed by atoms with E-state index in [0.717, 1.165) is 38.6 Å². The normalized spacial score (nSPS) is 15.6. The Balaban J connectivity index is 1.88. The number of amides is 2. The van der Waals surface area contributed by atoms with Crippen molar-refractivity contribution in [2.45, 2.75) is 51.0 Å². The molecule has 1 aliphatic carbocycles. The smallest absolute Gasteiger partial charge is 0.270 e. The van der Waals surface area contributed by atoms with Crippen molar-refractivity contribution in [3.8, 4) is 0 Å². The SMILES string of the molecule is CN(C)CCCNC(=O)c1ccnc(C(=O)NC2CCCCCC2)c1. The van der Waals surface area contributed by atoms with Gasteiger partial charge in [-0.2, -0.15) is 0 Å². The number of pyridine rings is 1. The Morgan fingerprint density at radius 1 is 1.16 bits per heavy atom. The average Bonchev–Trinajstić information content (AvgIpc) is 2.87. The number of hydrogen-bond donors (Lipinski definition) is 2. The van der Waals surface area contributed by atoms with Crippen LogP contribution < -0.4 is 10.6 Å². The lowest BCUT2D eigenvalue weighted by atomic mass is 10.1. The van der Waals surface area contributed by atoms with E-state index in [2.05, 4.69) is 20.5 Å². The number of nitrogens with one attached hydrogen (secondary N) is 2. The minimum absolute atomic E-state index is 0.162. The maximum atomic E-state index is 12.4. The molecule has 138 valence electrons. The molecule has 1 heterocycles. The summed E-state index contributed by atoms with van der Waals surface area (Å²) in [6.07, 6.45) is 9.27. The summed E-state index contributed by atoms with van der Waals surface area (Å²) in [6, 6.07) is 3.44. The second kappa shape index (κ2) is 10.1. The van der Waals surface area contributed by atoms with Gasteiger partial charge >= 0.3 is 0 Å². The topological polar surface area (TPSA) is 74.3 Å². The first-order chi connectivity index (χ1) is 12.1. The molecule has 1 aliphatic rings. The van der Waals surface area contributed by atoms with Crippen molar-refractivity contribution in [2.75, 3.05) is 27.2 Å². The molecule has 0 saturated heterocycles. The molecule has 2 N–H and O–H groups in total. The van der Waals surface area contributed by atoms with E-state index in [0.29, 0.717) is 17.8 Å². The molecular weight excluding hydrogens is 316 g/mol. The summed E-state index contributed by atoms with van der Waals surface area (Å²) in [6.45, 7) is 1.54. The van der Waals surface area contributed by atoms with Crippen molar-refractivity contribution in [1.82, 2.24) is 20.5 Å². The number of hydrogen-bond acceptors (Lipinski definition) is 4. The van der Waals surface area contributed by atoms with Crippen LogP contribution in [0.5, 0.6) is 0 Å². The van der Waals surface area contributed by atoms with Crippen LogP contribution in [0.4, 0.5) is 0 Å². The fraction of sp³-hybridized carbons (Fsp3) is 0.632. The molecule has 0 spiro atoms. The van der Waals surface area contributed by atoms with Crippen LogP contribution in [0.25, 0.3) is 0 Å². The Labute approximate surface area is 150 Å². The molecule has 0 aromatic carbocycles. The number of carbonyl (C=O) groups excluding carboxylic acids is 2. The Morgan fingerprint density at radius 2 is 1.88 bits per heavy atom.